The molecule has 3 heterocycles. The highest BCUT2D eigenvalue weighted by Crippen LogP contribution is 2.26. The fourth-order valence-corrected chi connectivity index (χ4v) is 4.23. The first-order chi connectivity index (χ1) is 13.7. The molecular weight excluding hydrogens is 388 g/mol. The van der Waals surface area contributed by atoms with Crippen LogP contribution >= 0.6 is 22.7 Å². The van der Waals surface area contributed by atoms with Gasteiger partial charge < -0.3 is 5.32 Å². The van der Waals surface area contributed by atoms with E-state index in [0.717, 1.165) is 34.1 Å². The summed E-state index contributed by atoms with van der Waals surface area (Å²) < 4.78 is 0. The van der Waals surface area contributed by atoms with E-state index in [1.807, 2.05) is 29.0 Å². The molecule has 0 saturated heterocycles. The Morgan fingerprint density at radius 1 is 1.00 bits per heavy atom. The Bertz CT molecular complexity index is 1070. The van der Waals surface area contributed by atoms with Crippen LogP contribution in [0.1, 0.15) is 18.2 Å². The van der Waals surface area contributed by atoms with Crippen molar-refractivity contribution >= 4 is 33.7 Å². The van der Waals surface area contributed by atoms with E-state index in [-0.39, 0.29) is 12.3 Å². The number of nitrogens with one attached hydrogen (secondary N) is 1. The average molecular weight is 407 g/mol. The Balaban J connectivity index is 1.39. The van der Waals surface area contributed by atoms with Gasteiger partial charge in [-0.05, 0) is 24.1 Å². The Morgan fingerprint density at radius 3 is 2.61 bits per heavy atom. The van der Waals surface area contributed by atoms with Gasteiger partial charge in [-0.1, -0.05) is 37.3 Å². The molecule has 140 valence electrons. The minimum Gasteiger partial charge on any atom is -0.302 e. The molecule has 0 aliphatic carbocycles. The van der Waals surface area contributed by atoms with E-state index in [1.165, 1.54) is 28.2 Å². The Hall–Kier alpha value is -2.90. The molecular formula is C21H18N4OS2. The molecule has 1 amide bonds. The number of amides is 1. The number of pyridine rings is 1. The Morgan fingerprint density at radius 2 is 1.86 bits per heavy atom. The standard InChI is InChI=1S/C21H18N4OS2/c1-2-14-6-8-15(9-7-14)18-13-28-21(24-18)25-19(26)11-16-12-27-20(23-16)17-5-3-4-10-22-17/h3-10,12-13H,2,11H2,1H3,(H,24,25,26). The molecule has 3 aromatic heterocycles. The zero-order chi connectivity index (χ0) is 19.3. The first-order valence-corrected chi connectivity index (χ1v) is 10.7. The maximum atomic E-state index is 12.4. The number of benzene rings is 1. The molecule has 1 N–H and O–H groups in total. The summed E-state index contributed by atoms with van der Waals surface area (Å²) in [4.78, 5) is 25.7. The van der Waals surface area contributed by atoms with Gasteiger partial charge in [-0.3, -0.25) is 9.78 Å². The number of hydrogen-bond donors (Lipinski definition) is 1. The van der Waals surface area contributed by atoms with Gasteiger partial charge in [0.25, 0.3) is 0 Å². The average Bonchev–Trinajstić information content (AvgIpc) is 3.38. The van der Waals surface area contributed by atoms with Crippen LogP contribution in [0.25, 0.3) is 22.0 Å². The first kappa shape index (κ1) is 18.5. The molecule has 0 spiro atoms. The summed E-state index contributed by atoms with van der Waals surface area (Å²) >= 11 is 2.91. The minimum absolute atomic E-state index is 0.125. The van der Waals surface area contributed by atoms with Gasteiger partial charge >= 0.3 is 0 Å². The van der Waals surface area contributed by atoms with Crippen LogP contribution in [0.4, 0.5) is 5.13 Å². The number of carbonyl (C=O) groups excluding carboxylic acids is 1. The van der Waals surface area contributed by atoms with E-state index in [1.54, 1.807) is 6.20 Å². The molecule has 1 aromatic carbocycles. The maximum Gasteiger partial charge on any atom is 0.232 e. The predicted molar refractivity (Wildman–Crippen MR) is 115 cm³/mol. The molecule has 4 rings (SSSR count). The fraction of sp³-hybridized carbons (Fsp3) is 0.143. The van der Waals surface area contributed by atoms with Crippen molar-refractivity contribution in [1.82, 2.24) is 15.0 Å². The van der Waals surface area contributed by atoms with Gasteiger partial charge in [-0.15, -0.1) is 22.7 Å². The van der Waals surface area contributed by atoms with Crippen LogP contribution in [0.3, 0.4) is 0 Å². The van der Waals surface area contributed by atoms with Crippen molar-refractivity contribution in [1.29, 1.82) is 0 Å². The lowest BCUT2D eigenvalue weighted by molar-refractivity contribution is -0.115. The van der Waals surface area contributed by atoms with E-state index in [2.05, 4.69) is 51.5 Å². The Kier molecular flexibility index (Phi) is 5.55. The molecule has 4 aromatic rings. The van der Waals surface area contributed by atoms with Crippen molar-refractivity contribution < 1.29 is 4.79 Å². The lowest BCUT2D eigenvalue weighted by atomic mass is 10.1. The van der Waals surface area contributed by atoms with Gasteiger partial charge in [0, 0.05) is 22.5 Å². The number of thiazole rings is 2. The third-order valence-corrected chi connectivity index (χ3v) is 5.86. The number of aromatic nitrogens is 3. The summed E-state index contributed by atoms with van der Waals surface area (Å²) in [7, 11) is 0. The van der Waals surface area contributed by atoms with Crippen LogP contribution < -0.4 is 5.32 Å². The number of carbonyl (C=O) groups is 1. The van der Waals surface area contributed by atoms with E-state index < -0.39 is 0 Å². The molecule has 0 bridgehead atoms. The molecule has 0 unspecified atom stereocenters. The van der Waals surface area contributed by atoms with E-state index in [9.17, 15) is 4.79 Å². The second-order valence-electron chi connectivity index (χ2n) is 6.17. The van der Waals surface area contributed by atoms with E-state index in [4.69, 9.17) is 0 Å². The van der Waals surface area contributed by atoms with Crippen molar-refractivity contribution in [3.63, 3.8) is 0 Å². The predicted octanol–water partition coefficient (Wildman–Crippen LogP) is 5.07. The molecule has 0 saturated carbocycles. The van der Waals surface area contributed by atoms with Crippen molar-refractivity contribution in [2.24, 2.45) is 0 Å². The van der Waals surface area contributed by atoms with Crippen molar-refractivity contribution in [2.75, 3.05) is 5.32 Å². The van der Waals surface area contributed by atoms with Gasteiger partial charge in [0.05, 0.1) is 23.5 Å². The van der Waals surface area contributed by atoms with Crippen LogP contribution in [-0.2, 0) is 17.6 Å². The summed E-state index contributed by atoms with van der Waals surface area (Å²) in [6, 6.07) is 14.0. The lowest BCUT2D eigenvalue weighted by Crippen LogP contribution is -2.14. The third-order valence-electron chi connectivity index (χ3n) is 4.19. The smallest absolute Gasteiger partial charge is 0.232 e. The minimum atomic E-state index is -0.125. The topological polar surface area (TPSA) is 67.8 Å². The second kappa shape index (κ2) is 8.41. The highest BCUT2D eigenvalue weighted by atomic mass is 32.1. The molecule has 0 aliphatic rings. The number of nitrogens with zero attached hydrogens (tertiary/aromatic N) is 3. The summed E-state index contributed by atoms with van der Waals surface area (Å²) in [5, 5.41) is 8.13. The summed E-state index contributed by atoms with van der Waals surface area (Å²) in [5.74, 6) is -0.125. The number of hydrogen-bond acceptors (Lipinski definition) is 6. The monoisotopic (exact) mass is 406 g/mol. The van der Waals surface area contributed by atoms with Crippen molar-refractivity contribution in [3.8, 4) is 22.0 Å². The summed E-state index contributed by atoms with van der Waals surface area (Å²) in [5.41, 5.74) is 4.76. The quantitative estimate of drug-likeness (QED) is 0.485. The van der Waals surface area contributed by atoms with Crippen LogP contribution in [0.5, 0.6) is 0 Å². The number of anilines is 1. The summed E-state index contributed by atoms with van der Waals surface area (Å²) in [6.07, 6.45) is 2.96. The molecule has 28 heavy (non-hydrogen) atoms. The van der Waals surface area contributed by atoms with E-state index >= 15 is 0 Å². The van der Waals surface area contributed by atoms with Gasteiger partial charge in [0.1, 0.15) is 5.01 Å². The molecule has 7 heteroatoms. The first-order valence-electron chi connectivity index (χ1n) is 8.92. The van der Waals surface area contributed by atoms with Gasteiger partial charge in [-0.25, -0.2) is 9.97 Å². The van der Waals surface area contributed by atoms with Gasteiger partial charge in [-0.2, -0.15) is 0 Å². The zero-order valence-corrected chi connectivity index (χ0v) is 16.9. The largest absolute Gasteiger partial charge is 0.302 e. The molecule has 0 aliphatic heterocycles. The number of aryl methyl sites for hydroxylation is 1. The molecule has 0 fully saturated rings. The second-order valence-corrected chi connectivity index (χ2v) is 7.89. The van der Waals surface area contributed by atoms with Crippen LogP contribution in [-0.4, -0.2) is 20.9 Å². The normalized spacial score (nSPS) is 10.8. The molecule has 5 nitrogen and oxygen atoms in total. The lowest BCUT2D eigenvalue weighted by Gasteiger charge is -2.00. The Labute approximate surface area is 171 Å². The third kappa shape index (κ3) is 4.32. The number of rotatable bonds is 6. The zero-order valence-electron chi connectivity index (χ0n) is 15.3. The van der Waals surface area contributed by atoms with Gasteiger partial charge in [0.2, 0.25) is 5.91 Å². The fourth-order valence-electron chi connectivity index (χ4n) is 2.70. The van der Waals surface area contributed by atoms with Crippen molar-refractivity contribution in [2.45, 2.75) is 19.8 Å². The highest BCUT2D eigenvalue weighted by Gasteiger charge is 2.12. The van der Waals surface area contributed by atoms with E-state index in [0.29, 0.717) is 5.13 Å². The van der Waals surface area contributed by atoms with Crippen LogP contribution in [0, 0.1) is 0 Å². The van der Waals surface area contributed by atoms with Gasteiger partial charge in [0.15, 0.2) is 5.13 Å². The molecule has 0 atom stereocenters. The van der Waals surface area contributed by atoms with Crippen molar-refractivity contribution in [3.05, 3.63) is 70.7 Å². The summed E-state index contributed by atoms with van der Waals surface area (Å²) in [6.45, 7) is 2.13. The highest BCUT2D eigenvalue weighted by molar-refractivity contribution is 7.14. The van der Waals surface area contributed by atoms with Crippen LogP contribution in [0.2, 0.25) is 0 Å². The molecule has 0 radical (unpaired) electrons. The van der Waals surface area contributed by atoms with Crippen LogP contribution in [0.15, 0.2) is 59.4 Å². The maximum absolute atomic E-state index is 12.4. The SMILES string of the molecule is CCc1ccc(-c2csc(NC(=O)Cc3csc(-c4ccccn4)n3)n2)cc1.